The lowest BCUT2D eigenvalue weighted by Crippen LogP contribution is -2.50. The van der Waals surface area contributed by atoms with Crippen LogP contribution < -0.4 is 5.01 Å². The lowest BCUT2D eigenvalue weighted by molar-refractivity contribution is 0.0607. The number of carbonyl (C=O) groups excluding carboxylic acids is 1. The van der Waals surface area contributed by atoms with Gasteiger partial charge >= 0.3 is 0 Å². The second-order valence-corrected chi connectivity index (χ2v) is 7.03. The Labute approximate surface area is 149 Å². The average molecular weight is 357 g/mol. The Balaban J connectivity index is 1.69. The molecule has 0 aliphatic heterocycles. The second kappa shape index (κ2) is 6.89. The smallest absolute Gasteiger partial charge is 0.293 e. The van der Waals surface area contributed by atoms with E-state index < -0.39 is 0 Å². The summed E-state index contributed by atoms with van der Waals surface area (Å²) in [6.07, 6.45) is 10.5. The van der Waals surface area contributed by atoms with E-state index in [0.717, 1.165) is 35.9 Å². The zero-order valence-corrected chi connectivity index (χ0v) is 14.7. The van der Waals surface area contributed by atoms with Gasteiger partial charge in [0.15, 0.2) is 5.69 Å². The first-order valence-electron chi connectivity index (χ1n) is 8.30. The number of imidazole rings is 1. The van der Waals surface area contributed by atoms with Crippen molar-refractivity contribution < 1.29 is 9.53 Å². The first-order chi connectivity index (χ1) is 12.3. The van der Waals surface area contributed by atoms with E-state index in [1.807, 2.05) is 11.4 Å². The molecule has 130 valence electrons. The monoisotopic (exact) mass is 357 g/mol. The first kappa shape index (κ1) is 16.2. The molecule has 0 unspecified atom stereocenters. The molecule has 4 rings (SSSR count). The highest BCUT2D eigenvalue weighted by atomic mass is 32.1. The molecule has 0 atom stereocenters. The lowest BCUT2D eigenvalue weighted by Gasteiger charge is -2.36. The number of thiophene rings is 1. The van der Waals surface area contributed by atoms with E-state index in [1.165, 1.54) is 17.7 Å². The van der Waals surface area contributed by atoms with Gasteiger partial charge in [0.25, 0.3) is 5.91 Å². The van der Waals surface area contributed by atoms with E-state index in [0.29, 0.717) is 5.69 Å². The van der Waals surface area contributed by atoms with Gasteiger partial charge in [-0.2, -0.15) is 0 Å². The molecule has 3 heterocycles. The number of hydrogen-bond acceptors (Lipinski definition) is 6. The van der Waals surface area contributed by atoms with Gasteiger partial charge in [0, 0.05) is 19.5 Å². The number of aromatic nitrogens is 4. The fourth-order valence-corrected chi connectivity index (χ4v) is 4.24. The zero-order valence-electron chi connectivity index (χ0n) is 13.9. The number of ether oxygens (including phenoxy) is 1. The molecule has 1 aliphatic rings. The van der Waals surface area contributed by atoms with E-state index in [-0.39, 0.29) is 18.1 Å². The Kier molecular flexibility index (Phi) is 4.46. The minimum Gasteiger partial charge on any atom is -0.381 e. The van der Waals surface area contributed by atoms with Crippen molar-refractivity contribution in [2.24, 2.45) is 0 Å². The summed E-state index contributed by atoms with van der Waals surface area (Å²) >= 11 is 1.49. The summed E-state index contributed by atoms with van der Waals surface area (Å²) in [5, 5.41) is 3.71. The lowest BCUT2D eigenvalue weighted by atomic mass is 9.92. The Morgan fingerprint density at radius 3 is 2.88 bits per heavy atom. The van der Waals surface area contributed by atoms with Crippen LogP contribution in [-0.2, 0) is 4.74 Å². The minimum absolute atomic E-state index is 0.0954. The van der Waals surface area contributed by atoms with Gasteiger partial charge in [0.05, 0.1) is 22.4 Å². The number of carbonyl (C=O) groups is 1. The first-order valence-corrected chi connectivity index (χ1v) is 9.18. The normalized spacial score (nSPS) is 20.7. The van der Waals surface area contributed by atoms with Crippen molar-refractivity contribution in [2.75, 3.05) is 12.1 Å². The molecule has 8 heteroatoms. The van der Waals surface area contributed by atoms with Crippen LogP contribution in [0.5, 0.6) is 0 Å². The number of hydrogen-bond donors (Lipinski definition) is 0. The summed E-state index contributed by atoms with van der Waals surface area (Å²) < 4.78 is 8.05. The summed E-state index contributed by atoms with van der Waals surface area (Å²) in [5.74, 6) is -0.117. The van der Waals surface area contributed by atoms with Gasteiger partial charge in [0.1, 0.15) is 12.7 Å². The molecule has 0 saturated heterocycles. The van der Waals surface area contributed by atoms with Gasteiger partial charge in [-0.25, -0.2) is 24.6 Å². The van der Waals surface area contributed by atoms with Gasteiger partial charge in [0.2, 0.25) is 0 Å². The third-order valence-corrected chi connectivity index (χ3v) is 5.63. The standard InChI is InChI=1S/C17H19N5O2S/c1-24-13-4-2-12(3-5-13)22(21-8-7-18-11-21)17(23)15-16-14(6-9-25-16)19-10-20-15/h6-13H,2-5H2,1H3. The third kappa shape index (κ3) is 3.03. The molecule has 0 aromatic carbocycles. The topological polar surface area (TPSA) is 73.1 Å². The molecule has 3 aromatic heterocycles. The predicted octanol–water partition coefficient (Wildman–Crippen LogP) is 2.62. The maximum atomic E-state index is 13.4. The number of fused-ring (bicyclic) bond motifs is 1. The molecule has 1 amide bonds. The van der Waals surface area contributed by atoms with Gasteiger partial charge in [-0.15, -0.1) is 11.3 Å². The van der Waals surface area contributed by atoms with Crippen molar-refractivity contribution >= 4 is 27.5 Å². The minimum atomic E-state index is -0.117. The van der Waals surface area contributed by atoms with E-state index in [9.17, 15) is 4.79 Å². The van der Waals surface area contributed by atoms with E-state index in [4.69, 9.17) is 4.74 Å². The molecule has 0 bridgehead atoms. The number of nitrogens with zero attached hydrogens (tertiary/aromatic N) is 5. The van der Waals surface area contributed by atoms with Gasteiger partial charge in [-0.05, 0) is 37.1 Å². The highest BCUT2D eigenvalue weighted by Crippen LogP contribution is 2.27. The molecule has 0 radical (unpaired) electrons. The molecule has 7 nitrogen and oxygen atoms in total. The summed E-state index contributed by atoms with van der Waals surface area (Å²) in [7, 11) is 1.75. The maximum absolute atomic E-state index is 13.4. The Hall–Kier alpha value is -2.32. The molecule has 1 aliphatic carbocycles. The Morgan fingerprint density at radius 2 is 2.16 bits per heavy atom. The second-order valence-electron chi connectivity index (χ2n) is 6.12. The molecule has 3 aromatic rings. The molecule has 1 saturated carbocycles. The van der Waals surface area contributed by atoms with Crippen LogP contribution in [0.15, 0.2) is 36.5 Å². The van der Waals surface area contributed by atoms with Crippen molar-refractivity contribution in [3.63, 3.8) is 0 Å². The molecule has 0 N–H and O–H groups in total. The van der Waals surface area contributed by atoms with Crippen LogP contribution in [0.2, 0.25) is 0 Å². The van der Waals surface area contributed by atoms with Crippen molar-refractivity contribution in [2.45, 2.75) is 37.8 Å². The van der Waals surface area contributed by atoms with Crippen LogP contribution in [0.1, 0.15) is 36.2 Å². The molecule has 1 fully saturated rings. The van der Waals surface area contributed by atoms with Crippen LogP contribution in [0.3, 0.4) is 0 Å². The fourth-order valence-electron chi connectivity index (χ4n) is 3.41. The van der Waals surface area contributed by atoms with Crippen molar-refractivity contribution in [1.82, 2.24) is 19.6 Å². The summed E-state index contributed by atoms with van der Waals surface area (Å²) in [5.41, 5.74) is 1.25. The van der Waals surface area contributed by atoms with Crippen LogP contribution >= 0.6 is 11.3 Å². The molecule has 25 heavy (non-hydrogen) atoms. The van der Waals surface area contributed by atoms with Crippen LogP contribution in [0.25, 0.3) is 10.2 Å². The van der Waals surface area contributed by atoms with Crippen LogP contribution in [0, 0.1) is 0 Å². The maximum Gasteiger partial charge on any atom is 0.293 e. The number of methoxy groups -OCH3 is 1. The molecular formula is C17H19N5O2S. The molecule has 0 spiro atoms. The largest absolute Gasteiger partial charge is 0.381 e. The van der Waals surface area contributed by atoms with Gasteiger partial charge in [-0.1, -0.05) is 0 Å². The van der Waals surface area contributed by atoms with Crippen LogP contribution in [0.4, 0.5) is 0 Å². The summed E-state index contributed by atoms with van der Waals surface area (Å²) in [4.78, 5) is 26.0. The predicted molar refractivity (Wildman–Crippen MR) is 95.2 cm³/mol. The quantitative estimate of drug-likeness (QED) is 0.718. The number of amides is 1. The van der Waals surface area contributed by atoms with E-state index in [2.05, 4.69) is 15.0 Å². The zero-order chi connectivity index (χ0) is 17.2. The van der Waals surface area contributed by atoms with Gasteiger partial charge < -0.3 is 4.74 Å². The Bertz CT molecular complexity index is 855. The highest BCUT2D eigenvalue weighted by molar-refractivity contribution is 7.17. The SMILES string of the molecule is COC1CCC(N(C(=O)c2ncnc3ccsc23)n2ccnc2)CC1. The Morgan fingerprint density at radius 1 is 1.32 bits per heavy atom. The van der Waals surface area contributed by atoms with Gasteiger partial charge in [-0.3, -0.25) is 4.79 Å². The van der Waals surface area contributed by atoms with Crippen molar-refractivity contribution in [1.29, 1.82) is 0 Å². The highest BCUT2D eigenvalue weighted by Gasteiger charge is 2.32. The third-order valence-electron chi connectivity index (χ3n) is 4.72. The van der Waals surface area contributed by atoms with E-state index in [1.54, 1.807) is 35.5 Å². The average Bonchev–Trinajstić information content (AvgIpc) is 3.34. The summed E-state index contributed by atoms with van der Waals surface area (Å²) in [6, 6.07) is 2.00. The van der Waals surface area contributed by atoms with Crippen LogP contribution in [-0.4, -0.2) is 44.8 Å². The molecular weight excluding hydrogens is 338 g/mol. The fraction of sp³-hybridized carbons (Fsp3) is 0.412. The number of rotatable bonds is 4. The van der Waals surface area contributed by atoms with Crippen molar-refractivity contribution in [3.05, 3.63) is 42.2 Å². The van der Waals surface area contributed by atoms with Crippen molar-refractivity contribution in [3.8, 4) is 0 Å². The summed E-state index contributed by atoms with van der Waals surface area (Å²) in [6.45, 7) is 0. The van der Waals surface area contributed by atoms with E-state index >= 15 is 0 Å².